The van der Waals surface area contributed by atoms with Gasteiger partial charge in [0.1, 0.15) is 17.8 Å². The normalized spacial score (nSPS) is 10.6. The van der Waals surface area contributed by atoms with Gasteiger partial charge < -0.3 is 5.32 Å². The molecular formula is C11H16N6O. The van der Waals surface area contributed by atoms with Crippen LogP contribution in [0.5, 0.6) is 0 Å². The highest BCUT2D eigenvalue weighted by Gasteiger charge is 2.13. The second-order valence-corrected chi connectivity index (χ2v) is 3.81. The standard InChI is InChI=1S/C11H16N6O/c1-3-8-5-9(17(4-2)16-8)11(18)12-6-10-13-7-14-15-10/h5,7H,3-4,6H2,1-2H3,(H,12,18)(H,13,14,15). The van der Waals surface area contributed by atoms with Crippen molar-refractivity contribution >= 4 is 5.91 Å². The monoisotopic (exact) mass is 248 g/mol. The number of aromatic nitrogens is 5. The van der Waals surface area contributed by atoms with Crippen LogP contribution in [-0.4, -0.2) is 30.9 Å². The van der Waals surface area contributed by atoms with Crippen LogP contribution in [0.1, 0.15) is 35.9 Å². The van der Waals surface area contributed by atoms with Crippen molar-refractivity contribution in [1.29, 1.82) is 0 Å². The minimum Gasteiger partial charge on any atom is -0.343 e. The van der Waals surface area contributed by atoms with Gasteiger partial charge in [0.15, 0.2) is 0 Å². The van der Waals surface area contributed by atoms with E-state index in [1.165, 1.54) is 6.33 Å². The van der Waals surface area contributed by atoms with Crippen molar-refractivity contribution < 1.29 is 4.79 Å². The molecule has 0 aliphatic carbocycles. The molecule has 0 fully saturated rings. The Kier molecular flexibility index (Phi) is 3.71. The average Bonchev–Trinajstić information content (AvgIpc) is 3.04. The summed E-state index contributed by atoms with van der Waals surface area (Å²) in [6.07, 6.45) is 2.22. The third-order valence-electron chi connectivity index (χ3n) is 2.61. The Morgan fingerprint density at radius 1 is 1.50 bits per heavy atom. The first kappa shape index (κ1) is 12.3. The number of hydrogen-bond acceptors (Lipinski definition) is 4. The number of aryl methyl sites for hydroxylation is 2. The number of H-pyrrole nitrogens is 1. The van der Waals surface area contributed by atoms with Crippen LogP contribution in [0.3, 0.4) is 0 Å². The Morgan fingerprint density at radius 2 is 2.33 bits per heavy atom. The maximum Gasteiger partial charge on any atom is 0.269 e. The zero-order valence-corrected chi connectivity index (χ0v) is 10.5. The Bertz CT molecular complexity index is 516. The summed E-state index contributed by atoms with van der Waals surface area (Å²) in [6, 6.07) is 1.82. The summed E-state index contributed by atoms with van der Waals surface area (Å²) >= 11 is 0. The second-order valence-electron chi connectivity index (χ2n) is 3.81. The molecule has 7 heteroatoms. The highest BCUT2D eigenvalue weighted by Crippen LogP contribution is 2.05. The fraction of sp³-hybridized carbons (Fsp3) is 0.455. The minimum atomic E-state index is -0.152. The molecule has 0 bridgehead atoms. The first-order valence-electron chi connectivity index (χ1n) is 5.93. The molecule has 2 N–H and O–H groups in total. The van der Waals surface area contributed by atoms with Gasteiger partial charge in [-0.3, -0.25) is 14.6 Å². The van der Waals surface area contributed by atoms with Crippen molar-refractivity contribution in [3.8, 4) is 0 Å². The lowest BCUT2D eigenvalue weighted by Gasteiger charge is -2.04. The van der Waals surface area contributed by atoms with E-state index in [1.54, 1.807) is 4.68 Å². The number of amides is 1. The zero-order valence-electron chi connectivity index (χ0n) is 10.5. The molecule has 2 aromatic rings. The number of carbonyl (C=O) groups excluding carboxylic acids is 1. The van der Waals surface area contributed by atoms with Gasteiger partial charge in [-0.1, -0.05) is 6.92 Å². The largest absolute Gasteiger partial charge is 0.343 e. The lowest BCUT2D eigenvalue weighted by molar-refractivity contribution is 0.0939. The number of nitrogens with zero attached hydrogens (tertiary/aromatic N) is 4. The summed E-state index contributed by atoms with van der Waals surface area (Å²) in [5, 5.41) is 13.5. The van der Waals surface area contributed by atoms with E-state index < -0.39 is 0 Å². The molecule has 96 valence electrons. The Balaban J connectivity index is 2.06. The quantitative estimate of drug-likeness (QED) is 0.807. The molecule has 2 rings (SSSR count). The summed E-state index contributed by atoms with van der Waals surface area (Å²) in [7, 11) is 0. The molecule has 0 unspecified atom stereocenters. The summed E-state index contributed by atoms with van der Waals surface area (Å²) in [5.74, 6) is 0.474. The SMILES string of the molecule is CCc1cc(C(=O)NCc2ncn[nH]2)n(CC)n1. The molecule has 0 aliphatic heterocycles. The predicted molar refractivity (Wildman–Crippen MR) is 64.8 cm³/mol. The molecule has 0 spiro atoms. The Labute approximate surface area is 105 Å². The Morgan fingerprint density at radius 3 is 2.94 bits per heavy atom. The summed E-state index contributed by atoms with van der Waals surface area (Å²) in [4.78, 5) is 16.0. The topological polar surface area (TPSA) is 88.5 Å². The fourth-order valence-corrected chi connectivity index (χ4v) is 1.64. The average molecular weight is 248 g/mol. The molecule has 2 heterocycles. The lowest BCUT2D eigenvalue weighted by atomic mass is 10.3. The van der Waals surface area contributed by atoms with Crippen LogP contribution in [0.25, 0.3) is 0 Å². The van der Waals surface area contributed by atoms with Gasteiger partial charge in [0.2, 0.25) is 0 Å². The van der Waals surface area contributed by atoms with Crippen LogP contribution < -0.4 is 5.32 Å². The van der Waals surface area contributed by atoms with E-state index in [1.807, 2.05) is 19.9 Å². The predicted octanol–water partition coefficient (Wildman–Crippen LogP) is 0.513. The van der Waals surface area contributed by atoms with Crippen LogP contribution in [0, 0.1) is 0 Å². The number of hydrogen-bond donors (Lipinski definition) is 2. The van der Waals surface area contributed by atoms with E-state index in [9.17, 15) is 4.79 Å². The number of nitrogens with one attached hydrogen (secondary N) is 2. The molecule has 0 aliphatic rings. The third kappa shape index (κ3) is 2.55. The number of aromatic amines is 1. The number of rotatable bonds is 5. The van der Waals surface area contributed by atoms with Crippen LogP contribution in [0.4, 0.5) is 0 Å². The van der Waals surface area contributed by atoms with Crippen molar-refractivity contribution in [1.82, 2.24) is 30.3 Å². The van der Waals surface area contributed by atoms with Crippen molar-refractivity contribution in [3.63, 3.8) is 0 Å². The van der Waals surface area contributed by atoms with Gasteiger partial charge >= 0.3 is 0 Å². The second kappa shape index (κ2) is 5.44. The van der Waals surface area contributed by atoms with Gasteiger partial charge in [-0.25, -0.2) is 4.98 Å². The van der Waals surface area contributed by atoms with Crippen molar-refractivity contribution in [2.75, 3.05) is 0 Å². The van der Waals surface area contributed by atoms with Crippen LogP contribution in [-0.2, 0) is 19.5 Å². The fourth-order valence-electron chi connectivity index (χ4n) is 1.64. The van der Waals surface area contributed by atoms with Gasteiger partial charge in [0.05, 0.1) is 12.2 Å². The molecule has 0 saturated carbocycles. The van der Waals surface area contributed by atoms with Gasteiger partial charge in [-0.05, 0) is 19.4 Å². The van der Waals surface area contributed by atoms with E-state index in [0.29, 0.717) is 24.6 Å². The van der Waals surface area contributed by atoms with Gasteiger partial charge in [-0.2, -0.15) is 10.2 Å². The first-order valence-corrected chi connectivity index (χ1v) is 5.93. The molecule has 1 amide bonds. The van der Waals surface area contributed by atoms with E-state index in [4.69, 9.17) is 0 Å². The maximum absolute atomic E-state index is 12.0. The van der Waals surface area contributed by atoms with Crippen molar-refractivity contribution in [2.24, 2.45) is 0 Å². The highest BCUT2D eigenvalue weighted by molar-refractivity contribution is 5.92. The molecular weight excluding hydrogens is 232 g/mol. The van der Waals surface area contributed by atoms with Crippen molar-refractivity contribution in [3.05, 3.63) is 29.6 Å². The van der Waals surface area contributed by atoms with Crippen LogP contribution >= 0.6 is 0 Å². The van der Waals surface area contributed by atoms with E-state index >= 15 is 0 Å². The lowest BCUT2D eigenvalue weighted by Crippen LogP contribution is -2.26. The van der Waals surface area contributed by atoms with Gasteiger partial charge in [-0.15, -0.1) is 0 Å². The summed E-state index contributed by atoms with van der Waals surface area (Å²) < 4.78 is 1.70. The number of carbonyl (C=O) groups is 1. The molecule has 18 heavy (non-hydrogen) atoms. The molecule has 0 saturated heterocycles. The third-order valence-corrected chi connectivity index (χ3v) is 2.61. The molecule has 0 radical (unpaired) electrons. The molecule has 7 nitrogen and oxygen atoms in total. The first-order chi connectivity index (χ1) is 8.74. The molecule has 2 aromatic heterocycles. The van der Waals surface area contributed by atoms with Gasteiger partial charge in [0, 0.05) is 6.54 Å². The minimum absolute atomic E-state index is 0.152. The van der Waals surface area contributed by atoms with Crippen LogP contribution in [0.2, 0.25) is 0 Å². The van der Waals surface area contributed by atoms with Crippen molar-refractivity contribution in [2.45, 2.75) is 33.4 Å². The summed E-state index contributed by atoms with van der Waals surface area (Å²) in [6.45, 7) is 4.97. The smallest absolute Gasteiger partial charge is 0.269 e. The molecule has 0 aromatic carbocycles. The zero-order chi connectivity index (χ0) is 13.0. The highest BCUT2D eigenvalue weighted by atomic mass is 16.2. The van der Waals surface area contributed by atoms with E-state index in [2.05, 4.69) is 25.6 Å². The Hall–Kier alpha value is -2.18. The van der Waals surface area contributed by atoms with E-state index in [0.717, 1.165) is 12.1 Å². The van der Waals surface area contributed by atoms with Gasteiger partial charge in [0.25, 0.3) is 5.91 Å². The van der Waals surface area contributed by atoms with E-state index in [-0.39, 0.29) is 5.91 Å². The summed E-state index contributed by atoms with van der Waals surface area (Å²) in [5.41, 5.74) is 1.50. The molecule has 0 atom stereocenters. The maximum atomic E-state index is 12.0. The van der Waals surface area contributed by atoms with Crippen LogP contribution in [0.15, 0.2) is 12.4 Å².